The van der Waals surface area contributed by atoms with E-state index in [4.69, 9.17) is 22.7 Å². The minimum Gasteiger partial charge on any atom is -0.398 e. The van der Waals surface area contributed by atoms with Crippen molar-refractivity contribution in [2.45, 2.75) is 6.92 Å². The first-order valence-corrected chi connectivity index (χ1v) is 3.45. The Bertz CT molecular complexity index is 296. The molecule has 1 rings (SSSR count). The summed E-state index contributed by atoms with van der Waals surface area (Å²) >= 11 is 5.56. The first-order chi connectivity index (χ1) is 5.11. The second kappa shape index (κ2) is 2.88. The molecule has 0 aromatic carbocycles. The average molecular weight is 170 g/mol. The van der Waals surface area contributed by atoms with Gasteiger partial charge >= 0.3 is 0 Å². The van der Waals surface area contributed by atoms with Gasteiger partial charge in [-0.25, -0.2) is 4.98 Å². The van der Waals surface area contributed by atoms with Gasteiger partial charge in [-0.15, -0.1) is 0 Å². The number of halogens is 1. The highest BCUT2D eigenvalue weighted by atomic mass is 35.5. The molecule has 0 fully saturated rings. The lowest BCUT2D eigenvalue weighted by Crippen LogP contribution is -2.00. The molecule has 0 saturated carbocycles. The number of nitrogen functional groups attached to an aromatic ring is 1. The zero-order chi connectivity index (χ0) is 8.43. The fourth-order valence-electron chi connectivity index (χ4n) is 0.757. The molecule has 0 spiro atoms. The zero-order valence-electron chi connectivity index (χ0n) is 6.06. The van der Waals surface area contributed by atoms with E-state index >= 15 is 0 Å². The van der Waals surface area contributed by atoms with Crippen molar-refractivity contribution in [2.24, 2.45) is 0 Å². The summed E-state index contributed by atoms with van der Waals surface area (Å²) in [5.41, 5.74) is 7.08. The van der Waals surface area contributed by atoms with Crippen molar-refractivity contribution in [3.8, 4) is 0 Å². The van der Waals surface area contributed by atoms with Crippen molar-refractivity contribution in [3.05, 3.63) is 23.0 Å². The summed E-state index contributed by atoms with van der Waals surface area (Å²) in [7, 11) is 0. The molecule has 0 aliphatic carbocycles. The number of nitrogens with one attached hydrogen (secondary N) is 1. The third kappa shape index (κ3) is 1.68. The van der Waals surface area contributed by atoms with Gasteiger partial charge in [0.2, 0.25) is 0 Å². The molecule has 0 aliphatic heterocycles. The van der Waals surface area contributed by atoms with Gasteiger partial charge in [0.1, 0.15) is 5.15 Å². The van der Waals surface area contributed by atoms with Crippen molar-refractivity contribution in [3.63, 3.8) is 0 Å². The first-order valence-electron chi connectivity index (χ1n) is 3.08. The summed E-state index contributed by atoms with van der Waals surface area (Å²) in [5.74, 6) is 0. The third-order valence-corrected chi connectivity index (χ3v) is 1.51. The van der Waals surface area contributed by atoms with Crippen LogP contribution in [-0.4, -0.2) is 10.7 Å². The molecule has 0 radical (unpaired) electrons. The van der Waals surface area contributed by atoms with Crippen LogP contribution in [0.5, 0.6) is 0 Å². The van der Waals surface area contributed by atoms with Crippen LogP contribution in [0, 0.1) is 5.41 Å². The summed E-state index contributed by atoms with van der Waals surface area (Å²) in [6.45, 7) is 1.65. The van der Waals surface area contributed by atoms with Gasteiger partial charge in [-0.3, -0.25) is 0 Å². The molecular weight excluding hydrogens is 162 g/mol. The highest BCUT2D eigenvalue weighted by molar-refractivity contribution is 6.29. The van der Waals surface area contributed by atoms with Crippen molar-refractivity contribution >= 4 is 23.0 Å². The van der Waals surface area contributed by atoms with Crippen molar-refractivity contribution in [2.75, 3.05) is 5.73 Å². The number of nitrogens with zero attached hydrogens (tertiary/aromatic N) is 1. The highest BCUT2D eigenvalue weighted by Crippen LogP contribution is 2.14. The summed E-state index contributed by atoms with van der Waals surface area (Å²) in [5, 5.41) is 7.64. The predicted octanol–water partition coefficient (Wildman–Crippen LogP) is 1.70. The van der Waals surface area contributed by atoms with E-state index in [-0.39, 0.29) is 0 Å². The van der Waals surface area contributed by atoms with E-state index in [1.54, 1.807) is 6.92 Å². The van der Waals surface area contributed by atoms with Crippen LogP contribution in [0.2, 0.25) is 5.15 Å². The van der Waals surface area contributed by atoms with Crippen molar-refractivity contribution in [1.29, 1.82) is 5.41 Å². The second-order valence-corrected chi connectivity index (χ2v) is 2.61. The van der Waals surface area contributed by atoms with Gasteiger partial charge in [0.25, 0.3) is 0 Å². The van der Waals surface area contributed by atoms with Crippen molar-refractivity contribution < 1.29 is 0 Å². The predicted molar refractivity (Wildman–Crippen MR) is 46.2 cm³/mol. The molecular formula is C7H8ClN3. The van der Waals surface area contributed by atoms with Crippen molar-refractivity contribution in [1.82, 2.24) is 4.98 Å². The Labute approximate surface area is 69.7 Å². The van der Waals surface area contributed by atoms with Gasteiger partial charge < -0.3 is 11.1 Å². The largest absolute Gasteiger partial charge is 0.398 e. The van der Waals surface area contributed by atoms with E-state index < -0.39 is 0 Å². The Morgan fingerprint density at radius 1 is 1.73 bits per heavy atom. The van der Waals surface area contributed by atoms with Gasteiger partial charge in [0, 0.05) is 23.2 Å². The van der Waals surface area contributed by atoms with E-state index in [9.17, 15) is 0 Å². The van der Waals surface area contributed by atoms with E-state index in [2.05, 4.69) is 4.98 Å². The minimum atomic E-state index is 0.354. The second-order valence-electron chi connectivity index (χ2n) is 2.22. The maximum Gasteiger partial charge on any atom is 0.131 e. The molecule has 0 amide bonds. The van der Waals surface area contributed by atoms with Crippen LogP contribution >= 0.6 is 11.6 Å². The maximum absolute atomic E-state index is 7.28. The number of anilines is 1. The summed E-state index contributed by atoms with van der Waals surface area (Å²) in [6.07, 6.45) is 1.50. The van der Waals surface area contributed by atoms with E-state index in [0.717, 1.165) is 0 Å². The lowest BCUT2D eigenvalue weighted by Gasteiger charge is -2.01. The number of hydrogen-bond acceptors (Lipinski definition) is 3. The Balaban J connectivity index is 3.20. The van der Waals surface area contributed by atoms with Gasteiger partial charge in [-0.2, -0.15) is 0 Å². The lowest BCUT2D eigenvalue weighted by molar-refractivity contribution is 1.30. The van der Waals surface area contributed by atoms with E-state index in [0.29, 0.717) is 22.1 Å². The summed E-state index contributed by atoms with van der Waals surface area (Å²) < 4.78 is 0. The molecule has 0 atom stereocenters. The number of aromatic nitrogens is 1. The molecule has 1 aromatic heterocycles. The van der Waals surface area contributed by atoms with Crippen LogP contribution in [0.1, 0.15) is 12.5 Å². The molecule has 3 N–H and O–H groups in total. The molecule has 0 saturated heterocycles. The average Bonchev–Trinajstić information content (AvgIpc) is 1.85. The van der Waals surface area contributed by atoms with E-state index in [1.165, 1.54) is 12.3 Å². The van der Waals surface area contributed by atoms with Crippen LogP contribution in [0.4, 0.5) is 5.69 Å². The Morgan fingerprint density at radius 3 is 2.82 bits per heavy atom. The minimum absolute atomic E-state index is 0.354. The summed E-state index contributed by atoms with van der Waals surface area (Å²) in [4.78, 5) is 3.81. The van der Waals surface area contributed by atoms with Crippen LogP contribution in [0.25, 0.3) is 0 Å². The maximum atomic E-state index is 7.28. The SMILES string of the molecule is CC(=N)c1cnc(Cl)cc1N. The topological polar surface area (TPSA) is 62.8 Å². The zero-order valence-corrected chi connectivity index (χ0v) is 6.81. The standard InChI is InChI=1S/C7H8ClN3/c1-4(9)5-3-11-7(8)2-6(5)10/h2-3,9H,1H3,(H2,10,11). The Kier molecular flexibility index (Phi) is 2.10. The lowest BCUT2D eigenvalue weighted by atomic mass is 10.2. The quantitative estimate of drug-likeness (QED) is 0.497. The van der Waals surface area contributed by atoms with Gasteiger partial charge in [0.15, 0.2) is 0 Å². The number of nitrogens with two attached hydrogens (primary N) is 1. The molecule has 58 valence electrons. The van der Waals surface area contributed by atoms with Crippen LogP contribution in [-0.2, 0) is 0 Å². The monoisotopic (exact) mass is 169 g/mol. The fraction of sp³-hybridized carbons (Fsp3) is 0.143. The number of hydrogen-bond donors (Lipinski definition) is 2. The number of pyridine rings is 1. The van der Waals surface area contributed by atoms with Crippen LogP contribution in [0.15, 0.2) is 12.3 Å². The summed E-state index contributed by atoms with van der Waals surface area (Å²) in [6, 6.07) is 1.54. The Morgan fingerprint density at radius 2 is 2.36 bits per heavy atom. The van der Waals surface area contributed by atoms with Gasteiger partial charge in [0.05, 0.1) is 0 Å². The van der Waals surface area contributed by atoms with Crippen LogP contribution in [0.3, 0.4) is 0 Å². The molecule has 11 heavy (non-hydrogen) atoms. The van der Waals surface area contributed by atoms with E-state index in [1.807, 2.05) is 0 Å². The first kappa shape index (κ1) is 8.01. The molecule has 0 bridgehead atoms. The smallest absolute Gasteiger partial charge is 0.131 e. The molecule has 1 aromatic rings. The molecule has 1 heterocycles. The fourth-order valence-corrected chi connectivity index (χ4v) is 0.924. The molecule has 4 heteroatoms. The number of rotatable bonds is 1. The third-order valence-electron chi connectivity index (χ3n) is 1.31. The van der Waals surface area contributed by atoms with Crippen LogP contribution < -0.4 is 5.73 Å². The molecule has 0 aliphatic rings. The Hall–Kier alpha value is -1.09. The molecule has 3 nitrogen and oxygen atoms in total. The molecule has 0 unspecified atom stereocenters. The van der Waals surface area contributed by atoms with Gasteiger partial charge in [-0.05, 0) is 13.0 Å². The van der Waals surface area contributed by atoms with Gasteiger partial charge in [-0.1, -0.05) is 11.6 Å². The highest BCUT2D eigenvalue weighted by Gasteiger charge is 2.01. The normalized spacial score (nSPS) is 9.64.